The van der Waals surface area contributed by atoms with Crippen molar-refractivity contribution in [1.29, 1.82) is 0 Å². The lowest BCUT2D eigenvalue weighted by Gasteiger charge is -2.13. The predicted molar refractivity (Wildman–Crippen MR) is 129 cm³/mol. The van der Waals surface area contributed by atoms with Crippen molar-refractivity contribution >= 4 is 33.4 Å². The van der Waals surface area contributed by atoms with Gasteiger partial charge in [-0.05, 0) is 43.5 Å². The fraction of sp³-hybridized carbons (Fsp3) is 0.360. The smallest absolute Gasteiger partial charge is 0.152 e. The molecule has 0 atom stereocenters. The average molecular weight is 418 g/mol. The highest BCUT2D eigenvalue weighted by Crippen LogP contribution is 2.33. The number of nitrogens with two attached hydrogens (primary N) is 1. The van der Waals surface area contributed by atoms with Crippen LogP contribution in [0.5, 0.6) is 11.5 Å². The fourth-order valence-corrected chi connectivity index (χ4v) is 3.99. The normalized spacial score (nSPS) is 11.5. The maximum absolute atomic E-state index is 6.35. The molecule has 0 unspecified atom stereocenters. The van der Waals surface area contributed by atoms with E-state index in [-0.39, 0.29) is 0 Å². The molecule has 31 heavy (non-hydrogen) atoms. The molecule has 0 spiro atoms. The first-order chi connectivity index (χ1) is 15.0. The topological polar surface area (TPSA) is 78.0 Å². The molecule has 3 N–H and O–H groups in total. The maximum atomic E-state index is 6.35. The van der Waals surface area contributed by atoms with Crippen molar-refractivity contribution in [2.24, 2.45) is 5.92 Å². The number of fused-ring (bicyclic) bond motifs is 3. The Morgan fingerprint density at radius 3 is 2.61 bits per heavy atom. The number of benzene rings is 2. The van der Waals surface area contributed by atoms with Crippen LogP contribution in [0.4, 0.5) is 11.5 Å². The molecule has 0 aliphatic carbocycles. The standard InChI is InChI=1S/C25H31N5O/c1-5-8-22-29-23-24(30(22)15-16(3)4)20-12-11-19(14-21(20)28-25(23)26)31-18-10-7-9-17(13-18)27-6-2/h7,9-14,16,27H,5-6,8,15H2,1-4H3,(H2,26,28). The van der Waals surface area contributed by atoms with Crippen molar-refractivity contribution in [3.63, 3.8) is 0 Å². The van der Waals surface area contributed by atoms with Gasteiger partial charge in [-0.25, -0.2) is 9.97 Å². The lowest BCUT2D eigenvalue weighted by molar-refractivity contribution is 0.483. The second kappa shape index (κ2) is 8.84. The Hall–Kier alpha value is -3.28. The summed E-state index contributed by atoms with van der Waals surface area (Å²) in [6.45, 7) is 10.5. The Bertz CT molecular complexity index is 1210. The molecule has 162 valence electrons. The van der Waals surface area contributed by atoms with Crippen LogP contribution in [0.3, 0.4) is 0 Å². The largest absolute Gasteiger partial charge is 0.457 e. The highest BCUT2D eigenvalue weighted by molar-refractivity contribution is 6.07. The van der Waals surface area contributed by atoms with E-state index in [4.69, 9.17) is 15.5 Å². The van der Waals surface area contributed by atoms with Gasteiger partial charge in [-0.1, -0.05) is 26.8 Å². The number of aromatic nitrogens is 3. The minimum atomic E-state index is 0.466. The van der Waals surface area contributed by atoms with E-state index >= 15 is 0 Å². The van der Waals surface area contributed by atoms with Crippen molar-refractivity contribution in [2.45, 2.75) is 47.1 Å². The van der Waals surface area contributed by atoms with Gasteiger partial charge in [0, 0.05) is 42.7 Å². The number of nitrogens with zero attached hydrogens (tertiary/aromatic N) is 3. The third kappa shape index (κ3) is 4.29. The summed E-state index contributed by atoms with van der Waals surface area (Å²) in [7, 11) is 0. The number of rotatable bonds is 8. The third-order valence-electron chi connectivity index (χ3n) is 5.23. The summed E-state index contributed by atoms with van der Waals surface area (Å²) < 4.78 is 8.44. The molecule has 0 amide bonds. The lowest BCUT2D eigenvalue weighted by Crippen LogP contribution is -2.09. The summed E-state index contributed by atoms with van der Waals surface area (Å²) in [5, 5.41) is 4.36. The van der Waals surface area contributed by atoms with Crippen molar-refractivity contribution in [1.82, 2.24) is 14.5 Å². The van der Waals surface area contributed by atoms with Crippen LogP contribution in [0.1, 0.15) is 39.9 Å². The van der Waals surface area contributed by atoms with Gasteiger partial charge in [0.2, 0.25) is 0 Å². The van der Waals surface area contributed by atoms with Gasteiger partial charge in [0.1, 0.15) is 22.8 Å². The van der Waals surface area contributed by atoms with Gasteiger partial charge in [0.15, 0.2) is 5.82 Å². The van der Waals surface area contributed by atoms with Crippen LogP contribution in [0, 0.1) is 5.92 Å². The summed E-state index contributed by atoms with van der Waals surface area (Å²) >= 11 is 0. The SMILES string of the molecule is CCCc1nc2c(N)nc3cc(Oc4cccc(NCC)c4)ccc3c2n1CC(C)C. The van der Waals surface area contributed by atoms with Gasteiger partial charge >= 0.3 is 0 Å². The molecule has 0 saturated carbocycles. The van der Waals surface area contributed by atoms with Crippen LogP contribution in [-0.4, -0.2) is 21.1 Å². The van der Waals surface area contributed by atoms with Gasteiger partial charge < -0.3 is 20.4 Å². The molecule has 4 rings (SSSR count). The van der Waals surface area contributed by atoms with E-state index in [1.165, 1.54) is 0 Å². The quantitative estimate of drug-likeness (QED) is 0.368. The summed E-state index contributed by atoms with van der Waals surface area (Å²) in [5.74, 6) is 3.56. The Labute approximate surface area is 183 Å². The van der Waals surface area contributed by atoms with Crippen molar-refractivity contribution in [3.8, 4) is 11.5 Å². The van der Waals surface area contributed by atoms with Crippen molar-refractivity contribution in [3.05, 3.63) is 48.3 Å². The highest BCUT2D eigenvalue weighted by atomic mass is 16.5. The summed E-state index contributed by atoms with van der Waals surface area (Å²) in [6.07, 6.45) is 1.96. The first-order valence-electron chi connectivity index (χ1n) is 11.1. The molecule has 2 heterocycles. The number of anilines is 2. The Morgan fingerprint density at radius 2 is 1.87 bits per heavy atom. The van der Waals surface area contributed by atoms with Gasteiger partial charge in [-0.3, -0.25) is 0 Å². The van der Waals surface area contributed by atoms with E-state index in [1.807, 2.05) is 36.4 Å². The molecule has 4 aromatic rings. The van der Waals surface area contributed by atoms with Gasteiger partial charge in [0.05, 0.1) is 11.0 Å². The zero-order valence-electron chi connectivity index (χ0n) is 18.8. The van der Waals surface area contributed by atoms with Crippen LogP contribution in [0.25, 0.3) is 21.9 Å². The minimum absolute atomic E-state index is 0.466. The Morgan fingerprint density at radius 1 is 1.06 bits per heavy atom. The summed E-state index contributed by atoms with van der Waals surface area (Å²) in [5.41, 5.74) is 10.1. The molecule has 6 nitrogen and oxygen atoms in total. The first kappa shape index (κ1) is 21.0. The molecule has 2 aromatic carbocycles. The number of hydrogen-bond acceptors (Lipinski definition) is 5. The maximum Gasteiger partial charge on any atom is 0.152 e. The van der Waals surface area contributed by atoms with E-state index in [1.54, 1.807) is 0 Å². The van der Waals surface area contributed by atoms with Crippen LogP contribution in [-0.2, 0) is 13.0 Å². The average Bonchev–Trinajstić information content (AvgIpc) is 3.07. The zero-order valence-corrected chi connectivity index (χ0v) is 18.8. The summed E-state index contributed by atoms with van der Waals surface area (Å²) in [4.78, 5) is 9.52. The Balaban J connectivity index is 1.79. The molecule has 2 aromatic heterocycles. The molecular weight excluding hydrogens is 386 g/mol. The number of pyridine rings is 1. The van der Waals surface area contributed by atoms with E-state index in [2.05, 4.69) is 48.6 Å². The first-order valence-corrected chi connectivity index (χ1v) is 11.1. The monoisotopic (exact) mass is 417 g/mol. The molecular formula is C25H31N5O. The van der Waals surface area contributed by atoms with Gasteiger partial charge in [-0.2, -0.15) is 0 Å². The summed E-state index contributed by atoms with van der Waals surface area (Å²) in [6, 6.07) is 14.0. The second-order valence-electron chi connectivity index (χ2n) is 8.32. The van der Waals surface area contributed by atoms with Crippen LogP contribution >= 0.6 is 0 Å². The number of hydrogen-bond donors (Lipinski definition) is 2. The number of nitrogen functional groups attached to an aromatic ring is 1. The molecule has 0 aliphatic rings. The van der Waals surface area contributed by atoms with E-state index in [0.29, 0.717) is 11.7 Å². The number of imidazole rings is 1. The third-order valence-corrected chi connectivity index (χ3v) is 5.23. The fourth-order valence-electron chi connectivity index (χ4n) is 3.99. The number of nitrogens with one attached hydrogen (secondary N) is 1. The second-order valence-corrected chi connectivity index (χ2v) is 8.32. The van der Waals surface area contributed by atoms with E-state index in [0.717, 1.165) is 70.9 Å². The van der Waals surface area contributed by atoms with Crippen LogP contribution in [0.2, 0.25) is 0 Å². The lowest BCUT2D eigenvalue weighted by atomic mass is 10.1. The van der Waals surface area contributed by atoms with Crippen molar-refractivity contribution in [2.75, 3.05) is 17.6 Å². The van der Waals surface area contributed by atoms with E-state index in [9.17, 15) is 0 Å². The predicted octanol–water partition coefficient (Wildman–Crippen LogP) is 6.00. The highest BCUT2D eigenvalue weighted by Gasteiger charge is 2.18. The number of ether oxygens (including phenoxy) is 1. The number of aryl methyl sites for hydroxylation is 1. The molecule has 6 heteroatoms. The Kier molecular flexibility index (Phi) is 5.98. The zero-order chi connectivity index (χ0) is 22.0. The molecule has 0 bridgehead atoms. The van der Waals surface area contributed by atoms with E-state index < -0.39 is 0 Å². The molecule has 0 fully saturated rings. The molecule has 0 radical (unpaired) electrons. The van der Waals surface area contributed by atoms with Crippen LogP contribution < -0.4 is 15.8 Å². The van der Waals surface area contributed by atoms with Gasteiger partial charge in [-0.15, -0.1) is 0 Å². The van der Waals surface area contributed by atoms with Crippen molar-refractivity contribution < 1.29 is 4.74 Å². The van der Waals surface area contributed by atoms with Gasteiger partial charge in [0.25, 0.3) is 0 Å². The molecule has 0 aliphatic heterocycles. The minimum Gasteiger partial charge on any atom is -0.457 e. The molecule has 0 saturated heterocycles. The van der Waals surface area contributed by atoms with Crippen LogP contribution in [0.15, 0.2) is 42.5 Å².